The normalized spacial score (nSPS) is 11.6. The topological polar surface area (TPSA) is 98.7 Å². The van der Waals surface area contributed by atoms with Crippen LogP contribution in [0.1, 0.15) is 77.1 Å². The maximum absolute atomic E-state index is 12.4. The van der Waals surface area contributed by atoms with Gasteiger partial charge in [-0.05, 0) is 50.9 Å². The molecule has 0 fully saturated rings. The molecule has 0 aliphatic carbocycles. The lowest BCUT2D eigenvalue weighted by atomic mass is 9.77. The van der Waals surface area contributed by atoms with E-state index in [1.165, 1.54) is 0 Å². The number of tetrazole rings is 1. The van der Waals surface area contributed by atoms with Gasteiger partial charge in [0.2, 0.25) is 5.82 Å². The molecule has 5 aromatic carbocycles. The van der Waals surface area contributed by atoms with E-state index in [-0.39, 0.29) is 5.92 Å². The van der Waals surface area contributed by atoms with Crippen molar-refractivity contribution in [3.05, 3.63) is 179 Å². The zero-order valence-electron chi connectivity index (χ0n) is 29.0. The fourth-order valence-electron chi connectivity index (χ4n) is 7.00. The molecular weight excluding hydrogens is 633 g/mol. The quantitative estimate of drug-likeness (QED) is 0.130. The van der Waals surface area contributed by atoms with Gasteiger partial charge in [-0.25, -0.2) is 4.79 Å². The van der Waals surface area contributed by atoms with E-state index in [0.717, 1.165) is 51.1 Å². The lowest BCUT2D eigenvalue weighted by Gasteiger charge is -2.34. The number of carboxylic acids is 1. The Balaban J connectivity index is 1.28. The van der Waals surface area contributed by atoms with Gasteiger partial charge in [0.05, 0.1) is 11.4 Å². The highest BCUT2D eigenvalue weighted by molar-refractivity contribution is 5.90. The number of rotatable bonds is 12. The summed E-state index contributed by atoms with van der Waals surface area (Å²) in [6.45, 7) is 6.71. The Kier molecular flexibility index (Phi) is 9.40. The number of carbonyl (C=O) groups is 1. The van der Waals surface area contributed by atoms with E-state index in [1.54, 1.807) is 4.80 Å². The number of aromatic nitrogens is 6. The van der Waals surface area contributed by atoms with Crippen molar-refractivity contribution in [1.82, 2.24) is 30.0 Å². The summed E-state index contributed by atoms with van der Waals surface area (Å²) in [5.74, 6) is -0.410. The van der Waals surface area contributed by atoms with E-state index in [0.29, 0.717) is 30.0 Å². The van der Waals surface area contributed by atoms with Crippen LogP contribution < -0.4 is 0 Å². The Bertz CT molecular complexity index is 2150. The Labute approximate surface area is 298 Å². The highest BCUT2D eigenvalue weighted by Gasteiger charge is 2.41. The van der Waals surface area contributed by atoms with E-state index in [9.17, 15) is 9.90 Å². The predicted octanol–water partition coefficient (Wildman–Crippen LogP) is 8.87. The first-order valence-corrected chi connectivity index (χ1v) is 17.4. The highest BCUT2D eigenvalue weighted by atomic mass is 16.4. The molecule has 8 nitrogen and oxygen atoms in total. The van der Waals surface area contributed by atoms with Crippen molar-refractivity contribution >= 4 is 5.97 Å². The summed E-state index contributed by atoms with van der Waals surface area (Å²) in [4.78, 5) is 14.1. The smallest absolute Gasteiger partial charge is 0.339 e. The second kappa shape index (κ2) is 14.4. The molecule has 0 saturated carbocycles. The van der Waals surface area contributed by atoms with Gasteiger partial charge in [-0.15, -0.1) is 15.0 Å². The van der Waals surface area contributed by atoms with E-state index in [1.807, 2.05) is 91.3 Å². The van der Waals surface area contributed by atoms with Crippen LogP contribution in [0, 0.1) is 0 Å². The number of hydrogen-bond donors (Lipinski definition) is 1. The lowest BCUT2D eigenvalue weighted by Crippen LogP contribution is -2.39. The van der Waals surface area contributed by atoms with Gasteiger partial charge >= 0.3 is 5.97 Å². The predicted molar refractivity (Wildman–Crippen MR) is 200 cm³/mol. The minimum Gasteiger partial charge on any atom is -0.478 e. The second-order valence-corrected chi connectivity index (χ2v) is 13.0. The van der Waals surface area contributed by atoms with Crippen molar-refractivity contribution < 1.29 is 9.90 Å². The zero-order valence-corrected chi connectivity index (χ0v) is 29.0. The molecule has 0 radical (unpaired) electrons. The standard InChI is InChI=1S/C43H40N6O2/c1-4-28-48-38(39(42(50)51)40(45-48)30(2)3)29-31-24-26-32(27-25-31)36-22-14-15-23-37(36)41-44-47-49(46-41)43(33-16-8-5-9-17-33,34-18-10-6-11-19-34)35-20-12-7-13-21-35/h5-27,30H,4,28-29H2,1-3H3,(H,50,51). The van der Waals surface area contributed by atoms with Crippen LogP contribution in [0.15, 0.2) is 140 Å². The molecule has 0 aliphatic heterocycles. The van der Waals surface area contributed by atoms with Crippen LogP contribution in [0.25, 0.3) is 22.5 Å². The summed E-state index contributed by atoms with van der Waals surface area (Å²) >= 11 is 0. The number of aryl methyl sites for hydroxylation is 1. The SMILES string of the molecule is CCCn1nc(C(C)C)c(C(=O)O)c1Cc1ccc(-c2ccccc2-c2nnn(C(c3ccccc3)(c3ccccc3)c3ccccc3)n2)cc1. The maximum Gasteiger partial charge on any atom is 0.339 e. The fourth-order valence-corrected chi connectivity index (χ4v) is 7.00. The Hall–Kier alpha value is -6.15. The van der Waals surface area contributed by atoms with Gasteiger partial charge < -0.3 is 5.11 Å². The zero-order chi connectivity index (χ0) is 35.4. The minimum absolute atomic E-state index is 0.0108. The molecule has 8 heteroatoms. The van der Waals surface area contributed by atoms with Crippen molar-refractivity contribution in [2.45, 2.75) is 51.6 Å². The number of benzene rings is 5. The van der Waals surface area contributed by atoms with Crippen LogP contribution in [0.2, 0.25) is 0 Å². The average molecular weight is 673 g/mol. The summed E-state index contributed by atoms with van der Waals surface area (Å²) in [6, 6.07) is 47.3. The molecule has 0 unspecified atom stereocenters. The number of carboxylic acid groups (broad SMARTS) is 1. The van der Waals surface area contributed by atoms with Gasteiger partial charge in [-0.2, -0.15) is 5.10 Å². The monoisotopic (exact) mass is 672 g/mol. The molecule has 254 valence electrons. The van der Waals surface area contributed by atoms with E-state index in [2.05, 4.69) is 73.7 Å². The average Bonchev–Trinajstić information content (AvgIpc) is 3.80. The minimum atomic E-state index is -0.932. The molecule has 2 aromatic heterocycles. The van der Waals surface area contributed by atoms with Gasteiger partial charge in [-0.1, -0.05) is 160 Å². The van der Waals surface area contributed by atoms with Crippen LogP contribution in [0.4, 0.5) is 0 Å². The van der Waals surface area contributed by atoms with Crippen molar-refractivity contribution in [2.75, 3.05) is 0 Å². The first-order chi connectivity index (χ1) is 24.9. The van der Waals surface area contributed by atoms with Crippen molar-refractivity contribution in [1.29, 1.82) is 0 Å². The fraction of sp³-hybridized carbons (Fsp3) is 0.186. The Morgan fingerprint density at radius 2 is 1.24 bits per heavy atom. The molecular formula is C43H40N6O2. The molecule has 0 aliphatic rings. The molecule has 51 heavy (non-hydrogen) atoms. The molecule has 0 amide bonds. The first-order valence-electron chi connectivity index (χ1n) is 17.4. The summed E-state index contributed by atoms with van der Waals surface area (Å²) < 4.78 is 1.87. The third kappa shape index (κ3) is 6.25. The molecule has 2 heterocycles. The van der Waals surface area contributed by atoms with E-state index < -0.39 is 11.5 Å². The summed E-state index contributed by atoms with van der Waals surface area (Å²) in [5, 5.41) is 29.5. The van der Waals surface area contributed by atoms with Gasteiger partial charge in [-0.3, -0.25) is 4.68 Å². The summed E-state index contributed by atoms with van der Waals surface area (Å²) in [6.07, 6.45) is 1.34. The van der Waals surface area contributed by atoms with Crippen LogP contribution in [0.3, 0.4) is 0 Å². The largest absolute Gasteiger partial charge is 0.478 e. The maximum atomic E-state index is 12.4. The van der Waals surface area contributed by atoms with Gasteiger partial charge in [0, 0.05) is 18.5 Å². The first kappa shape index (κ1) is 33.4. The third-order valence-corrected chi connectivity index (χ3v) is 9.37. The Morgan fingerprint density at radius 1 is 0.706 bits per heavy atom. The van der Waals surface area contributed by atoms with Gasteiger partial charge in [0.1, 0.15) is 5.56 Å². The number of nitrogens with zero attached hydrogens (tertiary/aromatic N) is 6. The molecule has 0 saturated heterocycles. The summed E-state index contributed by atoms with van der Waals surface area (Å²) in [5.41, 5.74) is 7.69. The molecule has 7 aromatic rings. The molecule has 0 spiro atoms. The molecule has 1 N–H and O–H groups in total. The lowest BCUT2D eigenvalue weighted by molar-refractivity contribution is 0.0694. The van der Waals surface area contributed by atoms with Crippen molar-refractivity contribution in [2.24, 2.45) is 0 Å². The van der Waals surface area contributed by atoms with Crippen LogP contribution >= 0.6 is 0 Å². The molecule has 0 atom stereocenters. The molecule has 7 rings (SSSR count). The Morgan fingerprint density at radius 3 is 1.75 bits per heavy atom. The van der Waals surface area contributed by atoms with E-state index >= 15 is 0 Å². The van der Waals surface area contributed by atoms with Gasteiger partial charge in [0.25, 0.3) is 0 Å². The van der Waals surface area contributed by atoms with E-state index in [4.69, 9.17) is 20.5 Å². The number of hydrogen-bond acceptors (Lipinski definition) is 5. The number of aromatic carboxylic acids is 1. The molecule has 0 bridgehead atoms. The van der Waals surface area contributed by atoms with Crippen LogP contribution in [-0.2, 0) is 18.5 Å². The second-order valence-electron chi connectivity index (χ2n) is 13.0. The third-order valence-electron chi connectivity index (χ3n) is 9.37. The van der Waals surface area contributed by atoms with Crippen LogP contribution in [-0.4, -0.2) is 41.1 Å². The van der Waals surface area contributed by atoms with Gasteiger partial charge in [0.15, 0.2) is 5.54 Å². The highest BCUT2D eigenvalue weighted by Crippen LogP contribution is 2.40. The van der Waals surface area contributed by atoms with Crippen LogP contribution in [0.5, 0.6) is 0 Å². The van der Waals surface area contributed by atoms with Crippen molar-refractivity contribution in [3.8, 4) is 22.5 Å². The summed E-state index contributed by atoms with van der Waals surface area (Å²) in [7, 11) is 0. The van der Waals surface area contributed by atoms with Crippen molar-refractivity contribution in [3.63, 3.8) is 0 Å².